The zero-order chi connectivity index (χ0) is 0. The molecule has 0 amide bonds. The number of hydrogen-bond donors (Lipinski definition) is 0. The van der Waals surface area contributed by atoms with E-state index in [-0.39, 0.29) is 94.5 Å². The molecule has 0 aliphatic rings. The predicted octanol–water partition coefficient (Wildman–Crippen LogP) is -1.35. The van der Waals surface area contributed by atoms with Crippen molar-refractivity contribution in [3.63, 3.8) is 0 Å². The molecule has 0 aliphatic carbocycles. The van der Waals surface area contributed by atoms with Crippen molar-refractivity contribution >= 4 is 40.4 Å². The van der Waals surface area contributed by atoms with Gasteiger partial charge in [0, 0.05) is 51.2 Å². The van der Waals surface area contributed by atoms with E-state index in [0.29, 0.717) is 0 Å². The second-order valence-electron chi connectivity index (χ2n) is 0. The average molecular weight is 231 g/mol. The largest absolute Gasteiger partial charge is 2.00 e. The van der Waals surface area contributed by atoms with Crippen LogP contribution in [0.2, 0.25) is 0 Å². The van der Waals surface area contributed by atoms with Crippen LogP contribution in [-0.2, 0) is 51.2 Å². The molecule has 0 aliphatic heterocycles. The topological polar surface area (TPSA) is 0 Å². The summed E-state index contributed by atoms with van der Waals surface area (Å²) in [5.74, 6) is 0. The van der Waals surface area contributed by atoms with Crippen LogP contribution in [0.3, 0.4) is 0 Å². The third kappa shape index (κ3) is 19.8. The van der Waals surface area contributed by atoms with Crippen LogP contribution in [0.5, 0.6) is 0 Å². The molecule has 0 fully saturated rings. The zero-order valence-corrected chi connectivity index (χ0v) is 6.38. The third-order valence-electron chi connectivity index (χ3n) is 0. The summed E-state index contributed by atoms with van der Waals surface area (Å²) < 4.78 is 0. The average Bonchev–Trinajstić information content (AvgIpc) is 0. The van der Waals surface area contributed by atoms with Crippen molar-refractivity contribution in [2.45, 2.75) is 0 Å². The maximum atomic E-state index is 0. The summed E-state index contributed by atoms with van der Waals surface area (Å²) in [6.07, 6.45) is 0. The fourth-order valence-corrected chi connectivity index (χ4v) is 0. The van der Waals surface area contributed by atoms with Gasteiger partial charge in [-0.1, -0.05) is 0 Å². The van der Waals surface area contributed by atoms with Crippen molar-refractivity contribution in [1.29, 1.82) is 0 Å². The molecule has 0 rings (SSSR count). The Balaban J connectivity index is 0. The standard InChI is InChI=1S/Al.Cu.Fe.Mg.Mn.5H/q;;;+2;;;;;2*-1. The molecule has 0 aromatic rings. The van der Waals surface area contributed by atoms with Gasteiger partial charge >= 0.3 is 23.1 Å². The smallest absolute Gasteiger partial charge is 1.00 e. The van der Waals surface area contributed by atoms with E-state index < -0.39 is 0 Å². The van der Waals surface area contributed by atoms with Crippen LogP contribution in [-0.4, -0.2) is 40.4 Å². The fourth-order valence-electron chi connectivity index (χ4n) is 0. The van der Waals surface area contributed by atoms with Crippen LogP contribution >= 0.6 is 0 Å². The molecule has 5 heteroatoms. The van der Waals surface area contributed by atoms with E-state index in [1.54, 1.807) is 0 Å². The molecular weight excluding hydrogens is 226 g/mol. The molecule has 0 N–H and O–H groups in total. The fraction of sp³-hybridized carbons (Fsp3) is 0. The van der Waals surface area contributed by atoms with Crippen molar-refractivity contribution in [3.05, 3.63) is 0 Å². The quantitative estimate of drug-likeness (QED) is 0.452. The Bertz CT molecular complexity index is 17.7. The number of rotatable bonds is 0. The first kappa shape index (κ1) is 45.3. The minimum atomic E-state index is 0. The van der Waals surface area contributed by atoms with Gasteiger partial charge in [-0.2, -0.15) is 0 Å². The third-order valence-corrected chi connectivity index (χ3v) is 0. The van der Waals surface area contributed by atoms with Gasteiger partial charge in [-0.15, -0.1) is 0 Å². The summed E-state index contributed by atoms with van der Waals surface area (Å²) in [6, 6.07) is 0. The van der Waals surface area contributed by atoms with E-state index in [9.17, 15) is 0 Å². The molecule has 0 aromatic carbocycles. The molecule has 0 unspecified atom stereocenters. The molecule has 0 saturated carbocycles. The summed E-state index contributed by atoms with van der Waals surface area (Å²) in [7, 11) is 0. The molecule has 0 aromatic heterocycles. The molecular formula is H5AlCuFeMgMn. The molecule has 36 valence electrons. The first-order valence-electron chi connectivity index (χ1n) is 0. The second kappa shape index (κ2) is 28.8. The van der Waals surface area contributed by atoms with Gasteiger partial charge in [-0.25, -0.2) is 0 Å². The Morgan fingerprint density at radius 2 is 1.20 bits per heavy atom. The van der Waals surface area contributed by atoms with Gasteiger partial charge in [0.1, 0.15) is 0 Å². The molecule has 0 nitrogen and oxygen atoms in total. The van der Waals surface area contributed by atoms with Gasteiger partial charge in [-0.3, -0.25) is 0 Å². The summed E-state index contributed by atoms with van der Waals surface area (Å²) in [5.41, 5.74) is 0. The molecule has 2 radical (unpaired) electrons. The van der Waals surface area contributed by atoms with Crippen LogP contribution in [0.25, 0.3) is 0 Å². The monoisotopic (exact) mass is 230 g/mol. The van der Waals surface area contributed by atoms with Crippen molar-refractivity contribution in [2.75, 3.05) is 0 Å². The first-order valence-corrected chi connectivity index (χ1v) is 0. The first-order chi connectivity index (χ1) is 0. The Morgan fingerprint density at radius 3 is 1.20 bits per heavy atom. The van der Waals surface area contributed by atoms with Crippen molar-refractivity contribution in [1.82, 2.24) is 0 Å². The zero-order valence-electron chi connectivity index (χ0n) is 3.74. The van der Waals surface area contributed by atoms with E-state index in [4.69, 9.17) is 0 Å². The van der Waals surface area contributed by atoms with Crippen molar-refractivity contribution in [3.8, 4) is 0 Å². The van der Waals surface area contributed by atoms with Crippen molar-refractivity contribution in [2.24, 2.45) is 0 Å². The normalized spacial score (nSPS) is 0. The molecule has 0 saturated heterocycles. The minimum absolute atomic E-state index is 0. The van der Waals surface area contributed by atoms with E-state index >= 15 is 0 Å². The molecule has 0 bridgehead atoms. The van der Waals surface area contributed by atoms with Gasteiger partial charge in [-0.05, 0) is 0 Å². The van der Waals surface area contributed by atoms with Crippen LogP contribution in [0.4, 0.5) is 0 Å². The number of hydrogen-bond acceptors (Lipinski definition) is 0. The SMILES string of the molecule is [AlH3].[Cu].[Fe].[H-].[H-].[Mg+2].[Mn]. The Kier molecular flexibility index (Phi) is 261. The van der Waals surface area contributed by atoms with Crippen LogP contribution in [0, 0.1) is 0 Å². The van der Waals surface area contributed by atoms with E-state index in [0.717, 1.165) is 0 Å². The summed E-state index contributed by atoms with van der Waals surface area (Å²) in [4.78, 5) is 0. The maximum Gasteiger partial charge on any atom is 2.00 e. The summed E-state index contributed by atoms with van der Waals surface area (Å²) >= 11 is 0. The molecule has 0 heterocycles. The predicted molar refractivity (Wildman–Crippen MR) is 17.9 cm³/mol. The van der Waals surface area contributed by atoms with Crippen molar-refractivity contribution < 1.29 is 54.1 Å². The molecule has 5 heavy (non-hydrogen) atoms. The molecule has 0 atom stereocenters. The Morgan fingerprint density at radius 1 is 1.20 bits per heavy atom. The van der Waals surface area contributed by atoms with Gasteiger partial charge < -0.3 is 2.85 Å². The van der Waals surface area contributed by atoms with Gasteiger partial charge in [0.25, 0.3) is 0 Å². The van der Waals surface area contributed by atoms with Gasteiger partial charge in [0.05, 0.1) is 0 Å². The minimum Gasteiger partial charge on any atom is -1.00 e. The molecule has 0 spiro atoms. The van der Waals surface area contributed by atoms with Crippen LogP contribution in [0.15, 0.2) is 0 Å². The summed E-state index contributed by atoms with van der Waals surface area (Å²) in [6.45, 7) is 0. The second-order valence-corrected chi connectivity index (χ2v) is 0. The van der Waals surface area contributed by atoms with Gasteiger partial charge in [0.15, 0.2) is 17.4 Å². The Labute approximate surface area is 93.3 Å². The van der Waals surface area contributed by atoms with E-state index in [1.807, 2.05) is 0 Å². The van der Waals surface area contributed by atoms with E-state index in [1.165, 1.54) is 0 Å². The Hall–Kier alpha value is 2.86. The maximum absolute atomic E-state index is 0. The van der Waals surface area contributed by atoms with Crippen LogP contribution < -0.4 is 0 Å². The van der Waals surface area contributed by atoms with Crippen LogP contribution in [0.1, 0.15) is 2.85 Å². The summed E-state index contributed by atoms with van der Waals surface area (Å²) in [5, 5.41) is 0. The van der Waals surface area contributed by atoms with E-state index in [2.05, 4.69) is 0 Å². The van der Waals surface area contributed by atoms with Gasteiger partial charge in [0.2, 0.25) is 0 Å².